The number of rotatable bonds is 3. The average Bonchev–Trinajstić information content (AvgIpc) is 2.39. The molecular weight excluding hydrogens is 224 g/mol. The molecule has 16 heavy (non-hydrogen) atoms. The van der Waals surface area contributed by atoms with E-state index in [1.165, 1.54) is 4.90 Å². The fraction of sp³-hybridized carbons (Fsp3) is 0.500. The highest BCUT2D eigenvalue weighted by molar-refractivity contribution is 7.97. The Bertz CT molecular complexity index is 348. The van der Waals surface area contributed by atoms with Crippen LogP contribution in [0.1, 0.15) is 0 Å². The van der Waals surface area contributed by atoms with Crippen molar-refractivity contribution in [3.63, 3.8) is 0 Å². The second kappa shape index (κ2) is 5.46. The summed E-state index contributed by atoms with van der Waals surface area (Å²) in [5, 5.41) is 0. The van der Waals surface area contributed by atoms with Crippen LogP contribution in [0.3, 0.4) is 0 Å². The van der Waals surface area contributed by atoms with Gasteiger partial charge in [0.1, 0.15) is 11.5 Å². The summed E-state index contributed by atoms with van der Waals surface area (Å²) in [7, 11) is 3.65. The first-order chi connectivity index (χ1) is 7.85. The largest absolute Gasteiger partial charge is 0.493 e. The number of benzene rings is 1. The normalized spacial score (nSPS) is 17.1. The van der Waals surface area contributed by atoms with Gasteiger partial charge in [0.05, 0.1) is 27.4 Å². The summed E-state index contributed by atoms with van der Waals surface area (Å²) in [4.78, 5) is 1.35. The van der Waals surface area contributed by atoms with E-state index in [9.17, 15) is 0 Å². The van der Waals surface area contributed by atoms with E-state index in [-0.39, 0.29) is 0 Å². The Hall–Kier alpha value is -0.870. The van der Waals surface area contributed by atoms with E-state index in [1.54, 1.807) is 14.2 Å². The Labute approximate surface area is 99.0 Å². The molecule has 0 aliphatic carbocycles. The van der Waals surface area contributed by atoms with Crippen LogP contribution in [0.25, 0.3) is 0 Å². The van der Waals surface area contributed by atoms with Gasteiger partial charge in [0, 0.05) is 17.0 Å². The molecule has 1 fully saturated rings. The van der Waals surface area contributed by atoms with Crippen LogP contribution in [0.2, 0.25) is 0 Å². The molecule has 0 saturated carbocycles. The first-order valence-electron chi connectivity index (χ1n) is 5.32. The smallest absolute Gasteiger partial charge is 0.165 e. The van der Waals surface area contributed by atoms with Crippen LogP contribution in [0, 0.1) is 0 Å². The molecule has 0 unspecified atom stereocenters. The maximum atomic E-state index is 5.37. The minimum absolute atomic E-state index is 0.309. The Morgan fingerprint density at radius 1 is 1.06 bits per heavy atom. The summed E-state index contributed by atoms with van der Waals surface area (Å²) in [6.07, 6.45) is 0. The van der Waals surface area contributed by atoms with E-state index in [0.717, 1.165) is 36.2 Å². The maximum Gasteiger partial charge on any atom is 0.165 e. The molecule has 0 atom stereocenters. The lowest BCUT2D eigenvalue weighted by atomic mass is 10.3. The molecule has 0 bridgehead atoms. The van der Waals surface area contributed by atoms with Crippen molar-refractivity contribution in [2.45, 2.75) is 4.90 Å². The Morgan fingerprint density at radius 3 is 2.38 bits per heavy atom. The van der Waals surface area contributed by atoms with Crippen LogP contribution in [-0.4, -0.2) is 38.9 Å². The fourth-order valence-corrected chi connectivity index (χ4v) is 3.60. The highest BCUT2D eigenvalue weighted by Crippen LogP contribution is 2.30. The highest BCUT2D eigenvalue weighted by Gasteiger charge is 2.26. The number of hydrogen-bond donors (Lipinski definition) is 0. The SMILES string of the molecule is COc1ccc([S+]2CCOCC2)cc1OC. The van der Waals surface area contributed by atoms with Crippen LogP contribution >= 0.6 is 0 Å². The molecule has 0 amide bonds. The van der Waals surface area contributed by atoms with Gasteiger partial charge >= 0.3 is 0 Å². The molecule has 1 aliphatic rings. The van der Waals surface area contributed by atoms with Gasteiger partial charge in [-0.15, -0.1) is 0 Å². The van der Waals surface area contributed by atoms with Crippen molar-refractivity contribution in [3.05, 3.63) is 18.2 Å². The minimum atomic E-state index is 0.309. The van der Waals surface area contributed by atoms with Gasteiger partial charge in [-0.05, 0) is 12.1 Å². The molecule has 0 N–H and O–H groups in total. The summed E-state index contributed by atoms with van der Waals surface area (Å²) in [5.41, 5.74) is 0. The van der Waals surface area contributed by atoms with Crippen LogP contribution in [0.4, 0.5) is 0 Å². The predicted molar refractivity (Wildman–Crippen MR) is 65.7 cm³/mol. The maximum absolute atomic E-state index is 5.37. The van der Waals surface area contributed by atoms with E-state index in [0.29, 0.717) is 10.9 Å². The van der Waals surface area contributed by atoms with Crippen LogP contribution in [0.5, 0.6) is 11.5 Å². The summed E-state index contributed by atoms with van der Waals surface area (Å²) < 4.78 is 15.9. The van der Waals surface area contributed by atoms with Gasteiger partial charge in [-0.2, -0.15) is 0 Å². The molecule has 0 radical (unpaired) electrons. The fourth-order valence-electron chi connectivity index (χ4n) is 1.75. The molecule has 1 aromatic carbocycles. The van der Waals surface area contributed by atoms with Crippen molar-refractivity contribution in [2.75, 3.05) is 38.9 Å². The van der Waals surface area contributed by atoms with Crippen molar-refractivity contribution >= 4 is 10.9 Å². The van der Waals surface area contributed by atoms with Crippen molar-refractivity contribution in [1.29, 1.82) is 0 Å². The van der Waals surface area contributed by atoms with Crippen LogP contribution < -0.4 is 9.47 Å². The Balaban J connectivity index is 2.20. The van der Waals surface area contributed by atoms with Gasteiger partial charge in [-0.3, -0.25) is 0 Å². The zero-order valence-corrected chi connectivity index (χ0v) is 10.5. The summed E-state index contributed by atoms with van der Waals surface area (Å²) in [6.45, 7) is 1.74. The minimum Gasteiger partial charge on any atom is -0.493 e. The lowest BCUT2D eigenvalue weighted by molar-refractivity contribution is 0.159. The van der Waals surface area contributed by atoms with Crippen molar-refractivity contribution < 1.29 is 14.2 Å². The van der Waals surface area contributed by atoms with Crippen LogP contribution in [0.15, 0.2) is 23.1 Å². The second-order valence-electron chi connectivity index (χ2n) is 3.53. The quantitative estimate of drug-likeness (QED) is 0.754. The Morgan fingerprint density at radius 2 is 1.75 bits per heavy atom. The first-order valence-corrected chi connectivity index (χ1v) is 6.88. The lowest BCUT2D eigenvalue weighted by Gasteiger charge is -2.15. The third kappa shape index (κ3) is 2.44. The van der Waals surface area contributed by atoms with Gasteiger partial charge < -0.3 is 14.2 Å². The molecule has 0 aromatic heterocycles. The summed E-state index contributed by atoms with van der Waals surface area (Å²) in [5.74, 6) is 3.85. The summed E-state index contributed by atoms with van der Waals surface area (Å²) >= 11 is 0. The predicted octanol–water partition coefficient (Wildman–Crippen LogP) is 1.71. The van der Waals surface area contributed by atoms with Crippen molar-refractivity contribution in [3.8, 4) is 11.5 Å². The van der Waals surface area contributed by atoms with E-state index >= 15 is 0 Å². The zero-order valence-electron chi connectivity index (χ0n) is 9.69. The number of hydrogen-bond acceptors (Lipinski definition) is 3. The van der Waals surface area contributed by atoms with E-state index in [1.807, 2.05) is 6.07 Å². The topological polar surface area (TPSA) is 27.7 Å². The molecule has 3 nitrogen and oxygen atoms in total. The van der Waals surface area contributed by atoms with Gasteiger partial charge in [0.15, 0.2) is 16.4 Å². The van der Waals surface area contributed by atoms with Gasteiger partial charge in [-0.25, -0.2) is 0 Å². The van der Waals surface area contributed by atoms with E-state index < -0.39 is 0 Å². The molecule has 1 saturated heterocycles. The lowest BCUT2D eigenvalue weighted by Crippen LogP contribution is -2.26. The second-order valence-corrected chi connectivity index (χ2v) is 5.80. The molecule has 4 heteroatoms. The summed E-state index contributed by atoms with van der Waals surface area (Å²) in [6, 6.07) is 6.21. The molecule has 2 rings (SSSR count). The number of ether oxygens (including phenoxy) is 3. The Kier molecular flexibility index (Phi) is 3.96. The molecule has 1 heterocycles. The van der Waals surface area contributed by atoms with Gasteiger partial charge in [0.25, 0.3) is 0 Å². The monoisotopic (exact) mass is 241 g/mol. The average molecular weight is 241 g/mol. The molecule has 88 valence electrons. The highest BCUT2D eigenvalue weighted by atomic mass is 32.2. The van der Waals surface area contributed by atoms with Gasteiger partial charge in [-0.1, -0.05) is 0 Å². The third-order valence-corrected chi connectivity index (χ3v) is 4.88. The number of methoxy groups -OCH3 is 2. The zero-order chi connectivity index (χ0) is 11.4. The molecule has 1 aromatic rings. The van der Waals surface area contributed by atoms with Gasteiger partial charge in [0.2, 0.25) is 0 Å². The molecule has 1 aliphatic heterocycles. The van der Waals surface area contributed by atoms with E-state index in [2.05, 4.69) is 12.1 Å². The standard InChI is InChI=1S/C12H17O3S/c1-13-11-4-3-10(9-12(11)14-2)16-7-5-15-6-8-16/h3-4,9H,5-8H2,1-2H3/q+1. The first kappa shape index (κ1) is 11.6. The molecule has 0 spiro atoms. The van der Waals surface area contributed by atoms with Crippen LogP contribution in [-0.2, 0) is 15.6 Å². The van der Waals surface area contributed by atoms with Crippen molar-refractivity contribution in [1.82, 2.24) is 0 Å². The van der Waals surface area contributed by atoms with Crippen molar-refractivity contribution in [2.24, 2.45) is 0 Å². The third-order valence-electron chi connectivity index (χ3n) is 2.64. The van der Waals surface area contributed by atoms with E-state index in [4.69, 9.17) is 14.2 Å². The molecular formula is C12H17O3S+.